The maximum absolute atomic E-state index is 12.4. The van der Waals surface area contributed by atoms with Crippen molar-refractivity contribution in [2.24, 2.45) is 5.92 Å². The molecule has 0 bridgehead atoms. The van der Waals surface area contributed by atoms with E-state index in [0.29, 0.717) is 30.6 Å². The van der Waals surface area contributed by atoms with Crippen LogP contribution in [0.5, 0.6) is 0 Å². The van der Waals surface area contributed by atoms with Gasteiger partial charge in [-0.25, -0.2) is 4.98 Å². The molecular weight excluding hydrogens is 332 g/mol. The molecule has 0 atom stereocenters. The van der Waals surface area contributed by atoms with Gasteiger partial charge in [-0.2, -0.15) is 4.98 Å². The Morgan fingerprint density at radius 3 is 2.81 bits per heavy atom. The predicted molar refractivity (Wildman–Crippen MR) is 94.0 cm³/mol. The van der Waals surface area contributed by atoms with Crippen LogP contribution in [0.15, 0.2) is 52.6 Å². The van der Waals surface area contributed by atoms with Crippen LogP contribution in [0.2, 0.25) is 0 Å². The van der Waals surface area contributed by atoms with Crippen LogP contribution >= 0.6 is 0 Å². The SMILES string of the molecule is O=c1cc(-c2cccnc2)ncn1CC1CCN(Cc2ncno2)CC1. The number of hydrogen-bond acceptors (Lipinski definition) is 7. The van der Waals surface area contributed by atoms with Gasteiger partial charge in [-0.3, -0.25) is 19.2 Å². The van der Waals surface area contributed by atoms with Crippen molar-refractivity contribution in [2.45, 2.75) is 25.9 Å². The molecule has 8 nitrogen and oxygen atoms in total. The topological polar surface area (TPSA) is 89.9 Å². The van der Waals surface area contributed by atoms with Crippen LogP contribution in [0, 0.1) is 5.92 Å². The maximum atomic E-state index is 12.4. The van der Waals surface area contributed by atoms with Gasteiger partial charge in [0.25, 0.3) is 5.56 Å². The van der Waals surface area contributed by atoms with Gasteiger partial charge >= 0.3 is 0 Å². The van der Waals surface area contributed by atoms with E-state index in [9.17, 15) is 4.79 Å². The van der Waals surface area contributed by atoms with Crippen LogP contribution in [0.4, 0.5) is 0 Å². The lowest BCUT2D eigenvalue weighted by molar-refractivity contribution is 0.150. The summed E-state index contributed by atoms with van der Waals surface area (Å²) in [4.78, 5) is 27.3. The third kappa shape index (κ3) is 3.85. The van der Waals surface area contributed by atoms with E-state index in [-0.39, 0.29) is 5.56 Å². The Morgan fingerprint density at radius 2 is 2.12 bits per heavy atom. The molecular formula is C18H20N6O2. The second kappa shape index (κ2) is 7.57. The molecule has 1 saturated heterocycles. The molecule has 0 aromatic carbocycles. The molecule has 1 aliphatic rings. The predicted octanol–water partition coefficient (Wildman–Crippen LogP) is 1.60. The normalized spacial score (nSPS) is 16.0. The highest BCUT2D eigenvalue weighted by Gasteiger charge is 2.21. The minimum absolute atomic E-state index is 0.0212. The summed E-state index contributed by atoms with van der Waals surface area (Å²) in [5, 5.41) is 3.64. The molecule has 0 amide bonds. The minimum Gasteiger partial charge on any atom is -0.338 e. The fourth-order valence-electron chi connectivity index (χ4n) is 3.30. The highest BCUT2D eigenvalue weighted by molar-refractivity contribution is 5.56. The summed E-state index contributed by atoms with van der Waals surface area (Å²) >= 11 is 0. The van der Waals surface area contributed by atoms with Gasteiger partial charge in [0.05, 0.1) is 18.6 Å². The Hall–Kier alpha value is -2.87. The standard InChI is InChI=1S/C18H20N6O2/c25-18-8-16(15-2-1-5-19-9-15)21-13-24(18)10-14-3-6-23(7-4-14)11-17-20-12-22-26-17/h1-2,5,8-9,12-14H,3-4,6-7,10-11H2. The lowest BCUT2D eigenvalue weighted by Crippen LogP contribution is -2.36. The summed E-state index contributed by atoms with van der Waals surface area (Å²) in [6.07, 6.45) is 8.56. The zero-order valence-corrected chi connectivity index (χ0v) is 14.4. The van der Waals surface area contributed by atoms with Gasteiger partial charge in [0.1, 0.15) is 0 Å². The lowest BCUT2D eigenvalue weighted by atomic mass is 9.96. The second-order valence-corrected chi connectivity index (χ2v) is 6.56. The van der Waals surface area contributed by atoms with Gasteiger partial charge in [0.15, 0.2) is 6.33 Å². The molecule has 4 rings (SSSR count). The van der Waals surface area contributed by atoms with Crippen LogP contribution in [-0.4, -0.2) is 42.7 Å². The highest BCUT2D eigenvalue weighted by atomic mass is 16.5. The molecule has 4 heterocycles. The summed E-state index contributed by atoms with van der Waals surface area (Å²) in [7, 11) is 0. The summed E-state index contributed by atoms with van der Waals surface area (Å²) in [6.45, 7) is 3.31. The molecule has 8 heteroatoms. The largest absolute Gasteiger partial charge is 0.338 e. The first kappa shape index (κ1) is 16.6. The molecule has 0 unspecified atom stereocenters. The fourth-order valence-corrected chi connectivity index (χ4v) is 3.30. The monoisotopic (exact) mass is 352 g/mol. The first-order chi connectivity index (χ1) is 12.8. The average Bonchev–Trinajstić information content (AvgIpc) is 3.19. The number of piperidine rings is 1. The van der Waals surface area contributed by atoms with E-state index >= 15 is 0 Å². The van der Waals surface area contributed by atoms with Crippen LogP contribution in [0.3, 0.4) is 0 Å². The van der Waals surface area contributed by atoms with Gasteiger partial charge in [0.2, 0.25) is 5.89 Å². The molecule has 26 heavy (non-hydrogen) atoms. The summed E-state index contributed by atoms with van der Waals surface area (Å²) in [5.74, 6) is 1.12. The van der Waals surface area contributed by atoms with Crippen molar-refractivity contribution in [3.63, 3.8) is 0 Å². The molecule has 1 aliphatic heterocycles. The summed E-state index contributed by atoms with van der Waals surface area (Å²) < 4.78 is 6.77. The van der Waals surface area contributed by atoms with Crippen molar-refractivity contribution in [3.05, 3.63) is 59.5 Å². The molecule has 0 N–H and O–H groups in total. The molecule has 0 radical (unpaired) electrons. The lowest BCUT2D eigenvalue weighted by Gasteiger charge is -2.31. The van der Waals surface area contributed by atoms with E-state index in [1.807, 2.05) is 12.1 Å². The van der Waals surface area contributed by atoms with Crippen LogP contribution in [0.1, 0.15) is 18.7 Å². The number of nitrogens with zero attached hydrogens (tertiary/aromatic N) is 6. The quantitative estimate of drug-likeness (QED) is 0.689. The zero-order valence-electron chi connectivity index (χ0n) is 14.4. The maximum Gasteiger partial charge on any atom is 0.253 e. The number of rotatable bonds is 5. The van der Waals surface area contributed by atoms with Crippen molar-refractivity contribution in [1.29, 1.82) is 0 Å². The summed E-state index contributed by atoms with van der Waals surface area (Å²) in [6, 6.07) is 5.32. The molecule has 134 valence electrons. The molecule has 0 aliphatic carbocycles. The van der Waals surface area contributed by atoms with Crippen molar-refractivity contribution in [1.82, 2.24) is 29.6 Å². The number of likely N-dealkylation sites (tertiary alicyclic amines) is 1. The molecule has 1 fully saturated rings. The van der Waals surface area contributed by atoms with E-state index in [1.165, 1.54) is 6.33 Å². The summed E-state index contributed by atoms with van der Waals surface area (Å²) in [5.41, 5.74) is 1.49. The Bertz CT molecular complexity index is 886. The first-order valence-corrected chi connectivity index (χ1v) is 8.73. The van der Waals surface area contributed by atoms with Crippen LogP contribution in [0.25, 0.3) is 11.3 Å². The second-order valence-electron chi connectivity index (χ2n) is 6.56. The Morgan fingerprint density at radius 1 is 1.23 bits per heavy atom. The van der Waals surface area contributed by atoms with E-state index in [2.05, 4.69) is 25.0 Å². The Kier molecular flexibility index (Phi) is 4.83. The Balaban J connectivity index is 1.35. The smallest absolute Gasteiger partial charge is 0.253 e. The molecule has 0 saturated carbocycles. The molecule has 3 aromatic heterocycles. The number of hydrogen-bond donors (Lipinski definition) is 0. The number of aromatic nitrogens is 5. The third-order valence-electron chi connectivity index (χ3n) is 4.76. The Labute approximate surface area is 150 Å². The minimum atomic E-state index is -0.0212. The van der Waals surface area contributed by atoms with Gasteiger partial charge in [-0.05, 0) is 44.0 Å². The fraction of sp³-hybridized carbons (Fsp3) is 0.389. The van der Waals surface area contributed by atoms with E-state index in [1.54, 1.807) is 29.4 Å². The van der Waals surface area contributed by atoms with Crippen molar-refractivity contribution in [2.75, 3.05) is 13.1 Å². The van der Waals surface area contributed by atoms with Gasteiger partial charge in [-0.15, -0.1) is 0 Å². The van der Waals surface area contributed by atoms with Crippen molar-refractivity contribution >= 4 is 0 Å². The highest BCUT2D eigenvalue weighted by Crippen LogP contribution is 2.20. The van der Waals surface area contributed by atoms with Crippen molar-refractivity contribution < 1.29 is 4.52 Å². The van der Waals surface area contributed by atoms with E-state index in [0.717, 1.165) is 31.5 Å². The first-order valence-electron chi connectivity index (χ1n) is 8.73. The van der Waals surface area contributed by atoms with Crippen molar-refractivity contribution in [3.8, 4) is 11.3 Å². The van der Waals surface area contributed by atoms with E-state index in [4.69, 9.17) is 4.52 Å². The number of pyridine rings is 1. The molecule has 3 aromatic rings. The average molecular weight is 352 g/mol. The molecule has 0 spiro atoms. The van der Waals surface area contributed by atoms with Crippen LogP contribution in [-0.2, 0) is 13.1 Å². The van der Waals surface area contributed by atoms with Gasteiger partial charge < -0.3 is 4.52 Å². The zero-order chi connectivity index (χ0) is 17.8. The third-order valence-corrected chi connectivity index (χ3v) is 4.76. The van der Waals surface area contributed by atoms with E-state index < -0.39 is 0 Å². The van der Waals surface area contributed by atoms with Gasteiger partial charge in [-0.1, -0.05) is 5.16 Å². The van der Waals surface area contributed by atoms with Gasteiger partial charge in [0, 0.05) is 30.6 Å². The van der Waals surface area contributed by atoms with Crippen LogP contribution < -0.4 is 5.56 Å².